The van der Waals surface area contributed by atoms with Crippen LogP contribution < -0.4 is 5.32 Å². The van der Waals surface area contributed by atoms with E-state index in [1.54, 1.807) is 35.2 Å². The van der Waals surface area contributed by atoms with E-state index in [9.17, 15) is 14.0 Å². The molecular weight excluding hydrogens is 295 g/mol. The minimum atomic E-state index is -0.522. The first-order chi connectivity index (χ1) is 11.1. The summed E-state index contributed by atoms with van der Waals surface area (Å²) < 4.78 is 13.2. The Bertz CT molecular complexity index is 718. The Morgan fingerprint density at radius 1 is 1.09 bits per heavy atom. The molecule has 23 heavy (non-hydrogen) atoms. The number of amides is 2. The van der Waals surface area contributed by atoms with Crippen molar-refractivity contribution in [1.29, 1.82) is 0 Å². The minimum absolute atomic E-state index is 0.150. The van der Waals surface area contributed by atoms with Gasteiger partial charge in [0.1, 0.15) is 11.9 Å². The largest absolute Gasteiger partial charge is 0.327 e. The van der Waals surface area contributed by atoms with Crippen LogP contribution in [-0.2, 0) is 4.79 Å². The summed E-state index contributed by atoms with van der Waals surface area (Å²) in [4.78, 5) is 26.6. The standard InChI is InChI=1S/C18H17FN2O2/c19-14-8-4-9-15(12-14)20-17(22)16-10-5-11-21(16)18(23)13-6-2-1-3-7-13/h1-4,6-9,12,16H,5,10-11H2,(H,20,22)/t16-/m0/s1. The highest BCUT2D eigenvalue weighted by molar-refractivity contribution is 6.01. The summed E-state index contributed by atoms with van der Waals surface area (Å²) in [6, 6.07) is 14.1. The van der Waals surface area contributed by atoms with Gasteiger partial charge in [-0.2, -0.15) is 0 Å². The second-order valence-corrected chi connectivity index (χ2v) is 5.52. The lowest BCUT2D eigenvalue weighted by atomic mass is 10.1. The highest BCUT2D eigenvalue weighted by Crippen LogP contribution is 2.22. The van der Waals surface area contributed by atoms with Crippen LogP contribution in [-0.4, -0.2) is 29.3 Å². The zero-order chi connectivity index (χ0) is 16.2. The van der Waals surface area contributed by atoms with Gasteiger partial charge < -0.3 is 10.2 Å². The maximum absolute atomic E-state index is 13.2. The van der Waals surface area contributed by atoms with Crippen LogP contribution in [0.15, 0.2) is 54.6 Å². The lowest BCUT2D eigenvalue weighted by molar-refractivity contribution is -0.119. The SMILES string of the molecule is O=C(Nc1cccc(F)c1)[C@@H]1CCCN1C(=O)c1ccccc1. The Balaban J connectivity index is 1.73. The van der Waals surface area contributed by atoms with Crippen molar-refractivity contribution < 1.29 is 14.0 Å². The predicted octanol–water partition coefficient (Wildman–Crippen LogP) is 3.07. The van der Waals surface area contributed by atoms with Crippen LogP contribution in [0.2, 0.25) is 0 Å². The molecule has 4 nitrogen and oxygen atoms in total. The summed E-state index contributed by atoms with van der Waals surface area (Å²) in [6.45, 7) is 0.551. The quantitative estimate of drug-likeness (QED) is 0.947. The molecule has 0 spiro atoms. The van der Waals surface area contributed by atoms with Crippen LogP contribution in [0.4, 0.5) is 10.1 Å². The summed E-state index contributed by atoms with van der Waals surface area (Å²) >= 11 is 0. The Kier molecular flexibility index (Phi) is 4.37. The molecule has 1 saturated heterocycles. The third kappa shape index (κ3) is 3.39. The molecule has 3 rings (SSSR count). The summed E-state index contributed by atoms with van der Waals surface area (Å²) in [7, 11) is 0. The molecule has 2 amide bonds. The van der Waals surface area contributed by atoms with E-state index in [-0.39, 0.29) is 11.8 Å². The lowest BCUT2D eigenvalue weighted by Crippen LogP contribution is -2.43. The third-order valence-corrected chi connectivity index (χ3v) is 3.93. The van der Waals surface area contributed by atoms with E-state index in [0.29, 0.717) is 24.2 Å². The van der Waals surface area contributed by atoms with Crippen LogP contribution in [0.25, 0.3) is 0 Å². The Morgan fingerprint density at radius 3 is 2.61 bits per heavy atom. The average molecular weight is 312 g/mol. The molecule has 1 fully saturated rings. The van der Waals surface area contributed by atoms with Gasteiger partial charge in [0.2, 0.25) is 5.91 Å². The predicted molar refractivity (Wildman–Crippen MR) is 85.5 cm³/mol. The molecule has 118 valence electrons. The molecule has 5 heteroatoms. The number of hydrogen-bond donors (Lipinski definition) is 1. The monoisotopic (exact) mass is 312 g/mol. The Hall–Kier alpha value is -2.69. The van der Waals surface area contributed by atoms with E-state index in [4.69, 9.17) is 0 Å². The topological polar surface area (TPSA) is 49.4 Å². The Morgan fingerprint density at radius 2 is 1.87 bits per heavy atom. The van der Waals surface area contributed by atoms with Gasteiger partial charge in [0.15, 0.2) is 0 Å². The third-order valence-electron chi connectivity index (χ3n) is 3.93. The number of nitrogens with zero attached hydrogens (tertiary/aromatic N) is 1. The fraction of sp³-hybridized carbons (Fsp3) is 0.222. The van der Waals surface area contributed by atoms with Crippen molar-refractivity contribution in [2.75, 3.05) is 11.9 Å². The van der Waals surface area contributed by atoms with E-state index >= 15 is 0 Å². The minimum Gasteiger partial charge on any atom is -0.327 e. The van der Waals surface area contributed by atoms with Crippen LogP contribution in [0, 0.1) is 5.82 Å². The number of nitrogens with one attached hydrogen (secondary N) is 1. The van der Waals surface area contributed by atoms with Crippen molar-refractivity contribution >= 4 is 17.5 Å². The van der Waals surface area contributed by atoms with E-state index in [1.807, 2.05) is 6.07 Å². The Labute approximate surface area is 133 Å². The summed E-state index contributed by atoms with van der Waals surface area (Å²) in [5, 5.41) is 2.69. The average Bonchev–Trinajstić information content (AvgIpc) is 3.05. The van der Waals surface area contributed by atoms with Gasteiger partial charge >= 0.3 is 0 Å². The molecule has 1 heterocycles. The first-order valence-corrected chi connectivity index (χ1v) is 7.57. The van der Waals surface area contributed by atoms with Crippen molar-refractivity contribution in [1.82, 2.24) is 4.90 Å². The molecule has 1 atom stereocenters. The number of benzene rings is 2. The first kappa shape index (κ1) is 15.2. The molecular formula is C18H17FN2O2. The lowest BCUT2D eigenvalue weighted by Gasteiger charge is -2.24. The maximum atomic E-state index is 13.2. The molecule has 1 aliphatic heterocycles. The van der Waals surface area contributed by atoms with Gasteiger partial charge in [0.05, 0.1) is 0 Å². The van der Waals surface area contributed by atoms with Crippen molar-refractivity contribution in [3.05, 3.63) is 66.0 Å². The maximum Gasteiger partial charge on any atom is 0.254 e. The van der Waals surface area contributed by atoms with E-state index in [0.717, 1.165) is 6.42 Å². The highest BCUT2D eigenvalue weighted by atomic mass is 19.1. The van der Waals surface area contributed by atoms with Crippen molar-refractivity contribution in [2.24, 2.45) is 0 Å². The fourth-order valence-electron chi connectivity index (χ4n) is 2.82. The highest BCUT2D eigenvalue weighted by Gasteiger charge is 2.34. The number of carbonyl (C=O) groups excluding carboxylic acids is 2. The second-order valence-electron chi connectivity index (χ2n) is 5.52. The smallest absolute Gasteiger partial charge is 0.254 e. The van der Waals surface area contributed by atoms with Crippen LogP contribution >= 0.6 is 0 Å². The van der Waals surface area contributed by atoms with Crippen molar-refractivity contribution in [3.8, 4) is 0 Å². The van der Waals surface area contributed by atoms with E-state index in [1.165, 1.54) is 18.2 Å². The normalized spacial score (nSPS) is 17.1. The molecule has 0 bridgehead atoms. The fourth-order valence-corrected chi connectivity index (χ4v) is 2.82. The molecule has 1 N–H and O–H groups in total. The molecule has 0 unspecified atom stereocenters. The summed E-state index contributed by atoms with van der Waals surface area (Å²) in [6.07, 6.45) is 1.39. The van der Waals surface area contributed by atoms with E-state index in [2.05, 4.69) is 5.32 Å². The van der Waals surface area contributed by atoms with Gasteiger partial charge in [0.25, 0.3) is 5.91 Å². The number of halogens is 1. The van der Waals surface area contributed by atoms with Gasteiger partial charge in [-0.05, 0) is 43.2 Å². The van der Waals surface area contributed by atoms with Gasteiger partial charge in [-0.3, -0.25) is 9.59 Å². The van der Waals surface area contributed by atoms with Gasteiger partial charge in [-0.15, -0.1) is 0 Å². The second kappa shape index (κ2) is 6.60. The number of carbonyl (C=O) groups is 2. The van der Waals surface area contributed by atoms with Crippen LogP contribution in [0.3, 0.4) is 0 Å². The molecule has 2 aromatic carbocycles. The zero-order valence-electron chi connectivity index (χ0n) is 12.5. The molecule has 0 aromatic heterocycles. The molecule has 0 aliphatic carbocycles. The van der Waals surface area contributed by atoms with Crippen molar-refractivity contribution in [3.63, 3.8) is 0 Å². The number of likely N-dealkylation sites (tertiary alicyclic amines) is 1. The van der Waals surface area contributed by atoms with Gasteiger partial charge in [-0.1, -0.05) is 24.3 Å². The molecule has 0 saturated carbocycles. The van der Waals surface area contributed by atoms with Crippen LogP contribution in [0.1, 0.15) is 23.2 Å². The molecule has 0 radical (unpaired) electrons. The number of anilines is 1. The summed E-state index contributed by atoms with van der Waals surface area (Å²) in [5.41, 5.74) is 0.965. The van der Waals surface area contributed by atoms with Crippen molar-refractivity contribution in [2.45, 2.75) is 18.9 Å². The molecule has 2 aromatic rings. The van der Waals surface area contributed by atoms with E-state index < -0.39 is 11.9 Å². The number of rotatable bonds is 3. The van der Waals surface area contributed by atoms with Crippen LogP contribution in [0.5, 0.6) is 0 Å². The molecule has 1 aliphatic rings. The zero-order valence-corrected chi connectivity index (χ0v) is 12.5. The van der Waals surface area contributed by atoms with Gasteiger partial charge in [-0.25, -0.2) is 4.39 Å². The number of hydrogen-bond acceptors (Lipinski definition) is 2. The first-order valence-electron chi connectivity index (χ1n) is 7.57. The summed E-state index contributed by atoms with van der Waals surface area (Å²) in [5.74, 6) is -0.841. The van der Waals surface area contributed by atoms with Gasteiger partial charge in [0, 0.05) is 17.8 Å².